The van der Waals surface area contributed by atoms with Gasteiger partial charge in [0.05, 0.1) is 26.4 Å². The second kappa shape index (κ2) is 64.4. The SMILES string of the molecule is CC(C)CCCCCCCCCCCCCCCC(=O)O[C@H](COC(=O)CCCCCCCCCCCCCC(C)C)COP(=O)(O)OCC(O)COP(=O)(O)OC[C@@H](COC(=O)CCCCCCCCCCC(C)C)OC(=O)CCCCCCCCCCCCC(C)C. The van der Waals surface area contributed by atoms with Crippen molar-refractivity contribution < 1.29 is 80.2 Å². The van der Waals surface area contributed by atoms with Gasteiger partial charge in [0.15, 0.2) is 12.2 Å². The van der Waals surface area contributed by atoms with Crippen LogP contribution in [0.2, 0.25) is 0 Å². The lowest BCUT2D eigenvalue weighted by molar-refractivity contribution is -0.161. The van der Waals surface area contributed by atoms with Gasteiger partial charge in [-0.3, -0.25) is 37.3 Å². The van der Waals surface area contributed by atoms with Gasteiger partial charge in [0.1, 0.15) is 19.3 Å². The zero-order valence-corrected chi connectivity index (χ0v) is 63.4. The number of unbranched alkanes of at least 4 members (excludes halogenated alkanes) is 38. The third-order valence-corrected chi connectivity index (χ3v) is 19.2. The summed E-state index contributed by atoms with van der Waals surface area (Å²) < 4.78 is 68.5. The molecule has 0 aromatic carbocycles. The molecule has 0 aromatic rings. The summed E-state index contributed by atoms with van der Waals surface area (Å²) in [5.74, 6) is 0.914. The van der Waals surface area contributed by atoms with Gasteiger partial charge in [0, 0.05) is 25.7 Å². The molecule has 0 heterocycles. The minimum atomic E-state index is -4.96. The molecule has 0 saturated heterocycles. The summed E-state index contributed by atoms with van der Waals surface area (Å²) in [5.41, 5.74) is 0. The molecule has 19 heteroatoms. The maximum atomic E-state index is 13.1. The lowest BCUT2D eigenvalue weighted by Gasteiger charge is -2.21. The van der Waals surface area contributed by atoms with E-state index in [1.54, 1.807) is 0 Å². The first-order valence-corrected chi connectivity index (χ1v) is 41.7. The molecule has 0 aromatic heterocycles. The van der Waals surface area contributed by atoms with Crippen LogP contribution in [0.4, 0.5) is 0 Å². The predicted molar refractivity (Wildman–Crippen MR) is 381 cm³/mol. The van der Waals surface area contributed by atoms with Crippen LogP contribution in [0.3, 0.4) is 0 Å². The average molecular weight is 1380 g/mol. The van der Waals surface area contributed by atoms with Crippen LogP contribution in [0.5, 0.6) is 0 Å². The Labute approximate surface area is 575 Å². The number of phosphoric acid groups is 2. The molecule has 0 rings (SSSR count). The first-order chi connectivity index (χ1) is 45.1. The molecule has 3 N–H and O–H groups in total. The second-order valence-corrected chi connectivity index (χ2v) is 31.9. The molecular formula is C75H146O17P2. The third-order valence-electron chi connectivity index (χ3n) is 17.3. The minimum absolute atomic E-state index is 0.105. The van der Waals surface area contributed by atoms with Gasteiger partial charge in [-0.1, -0.05) is 325 Å². The summed E-state index contributed by atoms with van der Waals surface area (Å²) in [5, 5.41) is 10.6. The molecule has 0 spiro atoms. The molecule has 0 saturated carbocycles. The Morgan fingerprint density at radius 3 is 0.660 bits per heavy atom. The van der Waals surface area contributed by atoms with E-state index >= 15 is 0 Å². The lowest BCUT2D eigenvalue weighted by atomic mass is 10.0. The third kappa shape index (κ3) is 68.6. The summed E-state index contributed by atoms with van der Waals surface area (Å²) in [6.07, 6.45) is 48.5. The summed E-state index contributed by atoms with van der Waals surface area (Å²) in [4.78, 5) is 72.8. The summed E-state index contributed by atoms with van der Waals surface area (Å²) in [6.45, 7) is 14.2. The highest BCUT2D eigenvalue weighted by Gasteiger charge is 2.30. The number of esters is 4. The Morgan fingerprint density at radius 2 is 0.447 bits per heavy atom. The van der Waals surface area contributed by atoms with Crippen LogP contribution >= 0.6 is 15.6 Å². The molecule has 0 fully saturated rings. The Kier molecular flexibility index (Phi) is 63.1. The van der Waals surface area contributed by atoms with Crippen LogP contribution in [0.1, 0.15) is 376 Å². The van der Waals surface area contributed by atoms with Crippen molar-refractivity contribution in [3.63, 3.8) is 0 Å². The summed E-state index contributed by atoms with van der Waals surface area (Å²) in [7, 11) is -9.91. The molecular weight excluding hydrogens is 1230 g/mol. The van der Waals surface area contributed by atoms with Crippen molar-refractivity contribution in [1.29, 1.82) is 0 Å². The fourth-order valence-corrected chi connectivity index (χ4v) is 13.0. The lowest BCUT2D eigenvalue weighted by Crippen LogP contribution is -2.30. The number of hydrogen-bond donors (Lipinski definition) is 3. The van der Waals surface area contributed by atoms with Crippen LogP contribution in [-0.2, 0) is 65.4 Å². The van der Waals surface area contributed by atoms with Crippen molar-refractivity contribution in [2.45, 2.75) is 395 Å². The van der Waals surface area contributed by atoms with E-state index in [0.29, 0.717) is 25.7 Å². The molecule has 5 atom stereocenters. The van der Waals surface area contributed by atoms with E-state index < -0.39 is 97.5 Å². The van der Waals surface area contributed by atoms with E-state index in [1.165, 1.54) is 180 Å². The van der Waals surface area contributed by atoms with E-state index in [9.17, 15) is 43.2 Å². The molecule has 0 amide bonds. The van der Waals surface area contributed by atoms with Crippen molar-refractivity contribution >= 4 is 39.5 Å². The number of phosphoric ester groups is 2. The highest BCUT2D eigenvalue weighted by molar-refractivity contribution is 7.47. The van der Waals surface area contributed by atoms with Crippen LogP contribution in [0.15, 0.2) is 0 Å². The quantitative estimate of drug-likeness (QED) is 0.0222. The minimum Gasteiger partial charge on any atom is -0.462 e. The summed E-state index contributed by atoms with van der Waals surface area (Å²) in [6, 6.07) is 0. The Morgan fingerprint density at radius 1 is 0.266 bits per heavy atom. The number of rotatable bonds is 72. The van der Waals surface area contributed by atoms with E-state index in [0.717, 1.165) is 114 Å². The van der Waals surface area contributed by atoms with Gasteiger partial charge in [-0.05, 0) is 49.4 Å². The fourth-order valence-electron chi connectivity index (χ4n) is 11.4. The Bertz CT molecular complexity index is 1850. The number of aliphatic hydroxyl groups excluding tert-OH is 1. The van der Waals surface area contributed by atoms with Gasteiger partial charge in [-0.15, -0.1) is 0 Å². The number of carbonyl (C=O) groups is 4. The van der Waals surface area contributed by atoms with Crippen molar-refractivity contribution in [3.05, 3.63) is 0 Å². The predicted octanol–water partition coefficient (Wildman–Crippen LogP) is 21.7. The smallest absolute Gasteiger partial charge is 0.462 e. The monoisotopic (exact) mass is 1380 g/mol. The van der Waals surface area contributed by atoms with E-state index in [-0.39, 0.29) is 25.7 Å². The maximum Gasteiger partial charge on any atom is 0.472 e. The zero-order valence-electron chi connectivity index (χ0n) is 61.6. The number of carbonyl (C=O) groups excluding carboxylic acids is 4. The van der Waals surface area contributed by atoms with Gasteiger partial charge in [0.2, 0.25) is 0 Å². The normalized spacial score (nSPS) is 14.2. The zero-order chi connectivity index (χ0) is 69.6. The number of ether oxygens (including phenoxy) is 4. The standard InChI is InChI=1S/C75H146O17P2/c1-65(2)51-43-35-27-19-13-10-9-11-15-23-33-41-49-57-74(79)91-70(61-85-72(77)55-47-39-31-22-16-12-14-20-28-36-44-52-66(3)4)63-89-93(81,82)87-59-69(76)60-88-94(83,84)90-64-71(62-86-73(78)56-48-40-32-26-25-30-38-46-54-68(7)8)92-75(80)58-50-42-34-24-18-17-21-29-37-45-53-67(5)6/h65-71,76H,9-64H2,1-8H3,(H,81,82)(H,83,84)/t69?,70-,71-/m1/s1. The Hall–Kier alpha value is -1.94. The van der Waals surface area contributed by atoms with Crippen molar-refractivity contribution in [1.82, 2.24) is 0 Å². The highest BCUT2D eigenvalue weighted by Crippen LogP contribution is 2.45. The van der Waals surface area contributed by atoms with Crippen LogP contribution < -0.4 is 0 Å². The fraction of sp³-hybridized carbons (Fsp3) is 0.947. The molecule has 558 valence electrons. The topological polar surface area (TPSA) is 237 Å². The molecule has 0 aliphatic carbocycles. The van der Waals surface area contributed by atoms with Gasteiger partial charge in [0.25, 0.3) is 0 Å². The molecule has 17 nitrogen and oxygen atoms in total. The highest BCUT2D eigenvalue weighted by atomic mass is 31.2. The summed E-state index contributed by atoms with van der Waals surface area (Å²) >= 11 is 0. The molecule has 0 radical (unpaired) electrons. The first kappa shape index (κ1) is 92.1. The second-order valence-electron chi connectivity index (χ2n) is 28.9. The maximum absolute atomic E-state index is 13.1. The van der Waals surface area contributed by atoms with Gasteiger partial charge in [-0.2, -0.15) is 0 Å². The van der Waals surface area contributed by atoms with E-state index in [2.05, 4.69) is 55.4 Å². The molecule has 3 unspecified atom stereocenters. The van der Waals surface area contributed by atoms with Gasteiger partial charge < -0.3 is 33.8 Å². The largest absolute Gasteiger partial charge is 0.472 e. The number of aliphatic hydroxyl groups is 1. The van der Waals surface area contributed by atoms with Crippen molar-refractivity contribution in [2.24, 2.45) is 23.7 Å². The first-order valence-electron chi connectivity index (χ1n) is 38.7. The van der Waals surface area contributed by atoms with E-state index in [4.69, 9.17) is 37.0 Å². The van der Waals surface area contributed by atoms with Crippen LogP contribution in [-0.4, -0.2) is 96.7 Å². The molecule has 94 heavy (non-hydrogen) atoms. The average Bonchev–Trinajstić information content (AvgIpc) is 1.22. The molecule has 0 aliphatic heterocycles. The number of hydrogen-bond acceptors (Lipinski definition) is 15. The van der Waals surface area contributed by atoms with Gasteiger partial charge in [-0.25, -0.2) is 9.13 Å². The van der Waals surface area contributed by atoms with Crippen molar-refractivity contribution in [3.8, 4) is 0 Å². The van der Waals surface area contributed by atoms with Gasteiger partial charge >= 0.3 is 39.5 Å². The Balaban J connectivity index is 5.27. The van der Waals surface area contributed by atoms with Crippen LogP contribution in [0.25, 0.3) is 0 Å². The molecule has 0 bridgehead atoms. The van der Waals surface area contributed by atoms with E-state index in [1.807, 2.05) is 0 Å². The van der Waals surface area contributed by atoms with Crippen LogP contribution in [0, 0.1) is 23.7 Å². The van der Waals surface area contributed by atoms with Crippen molar-refractivity contribution in [2.75, 3.05) is 39.6 Å². The molecule has 0 aliphatic rings.